The number of rotatable bonds is 8. The largest absolute Gasteiger partial charge is 0.377 e. The normalized spacial score (nSPS) is 20.3. The summed E-state index contributed by atoms with van der Waals surface area (Å²) in [6.45, 7) is 4.34. The van der Waals surface area contributed by atoms with Crippen molar-refractivity contribution in [1.29, 1.82) is 0 Å². The molecule has 3 rings (SSSR count). The van der Waals surface area contributed by atoms with E-state index in [1.165, 1.54) is 0 Å². The van der Waals surface area contributed by atoms with Crippen molar-refractivity contribution in [2.45, 2.75) is 38.3 Å². The molecule has 0 spiro atoms. The summed E-state index contributed by atoms with van der Waals surface area (Å²) < 4.78 is 11.2. The Kier molecular flexibility index (Phi) is 7.47. The molecule has 1 amide bonds. The number of nitrogens with zero attached hydrogens (tertiary/aromatic N) is 2. The van der Waals surface area contributed by atoms with Gasteiger partial charge in [-0.3, -0.25) is 9.79 Å². The van der Waals surface area contributed by atoms with Crippen molar-refractivity contribution in [3.63, 3.8) is 0 Å². The first kappa shape index (κ1) is 19.6. The van der Waals surface area contributed by atoms with Gasteiger partial charge in [-0.05, 0) is 37.0 Å². The molecule has 1 atom stereocenters. The molecule has 7 heteroatoms. The molecular formula is C20H30N4O3. The summed E-state index contributed by atoms with van der Waals surface area (Å²) in [5.74, 6) is 0.960. The van der Waals surface area contributed by atoms with E-state index >= 15 is 0 Å². The van der Waals surface area contributed by atoms with Crippen LogP contribution in [0.25, 0.3) is 0 Å². The van der Waals surface area contributed by atoms with E-state index in [2.05, 4.69) is 15.6 Å². The second-order valence-electron chi connectivity index (χ2n) is 6.88. The van der Waals surface area contributed by atoms with E-state index < -0.39 is 0 Å². The average molecular weight is 374 g/mol. The van der Waals surface area contributed by atoms with Gasteiger partial charge in [0.15, 0.2) is 5.96 Å². The number of amides is 1. The van der Waals surface area contributed by atoms with Gasteiger partial charge < -0.3 is 25.0 Å². The van der Waals surface area contributed by atoms with Crippen LogP contribution in [0, 0.1) is 0 Å². The SMILES string of the molecule is CN=C(NCCOCC1CCCO1)NCc1ccc(N2CCCC2=O)cc1. The highest BCUT2D eigenvalue weighted by Gasteiger charge is 2.21. The van der Waals surface area contributed by atoms with E-state index in [4.69, 9.17) is 9.47 Å². The van der Waals surface area contributed by atoms with Crippen molar-refractivity contribution in [1.82, 2.24) is 10.6 Å². The van der Waals surface area contributed by atoms with Gasteiger partial charge in [0, 0.05) is 45.4 Å². The zero-order valence-corrected chi connectivity index (χ0v) is 16.1. The standard InChI is InChI=1S/C20H30N4O3/c1-21-20(22-10-13-26-15-18-4-3-12-27-18)23-14-16-6-8-17(9-7-16)24-11-2-5-19(24)25/h6-9,18H,2-5,10-15H2,1H3,(H2,21,22,23). The van der Waals surface area contributed by atoms with Crippen LogP contribution in [-0.4, -0.2) is 57.9 Å². The van der Waals surface area contributed by atoms with Gasteiger partial charge in [-0.25, -0.2) is 0 Å². The van der Waals surface area contributed by atoms with Crippen LogP contribution in [0.1, 0.15) is 31.2 Å². The van der Waals surface area contributed by atoms with Crippen LogP contribution in [0.5, 0.6) is 0 Å². The zero-order chi connectivity index (χ0) is 18.9. The van der Waals surface area contributed by atoms with Gasteiger partial charge >= 0.3 is 0 Å². The molecule has 7 nitrogen and oxygen atoms in total. The number of nitrogens with one attached hydrogen (secondary N) is 2. The van der Waals surface area contributed by atoms with E-state index in [0.29, 0.717) is 32.7 Å². The Morgan fingerprint density at radius 1 is 1.30 bits per heavy atom. The topological polar surface area (TPSA) is 75.2 Å². The maximum atomic E-state index is 11.8. The Balaban J connectivity index is 1.34. The van der Waals surface area contributed by atoms with E-state index in [0.717, 1.165) is 49.6 Å². The Labute approximate surface area is 161 Å². The summed E-state index contributed by atoms with van der Waals surface area (Å²) in [5.41, 5.74) is 2.12. The third-order valence-corrected chi connectivity index (χ3v) is 4.87. The van der Waals surface area contributed by atoms with E-state index in [1.54, 1.807) is 7.05 Å². The number of hydrogen-bond acceptors (Lipinski definition) is 4. The maximum Gasteiger partial charge on any atom is 0.227 e. The average Bonchev–Trinajstić information content (AvgIpc) is 3.36. The van der Waals surface area contributed by atoms with Gasteiger partial charge in [0.05, 0.1) is 19.3 Å². The third-order valence-electron chi connectivity index (χ3n) is 4.87. The molecule has 0 aliphatic carbocycles. The molecule has 2 saturated heterocycles. The van der Waals surface area contributed by atoms with Crippen LogP contribution in [0.3, 0.4) is 0 Å². The second-order valence-corrected chi connectivity index (χ2v) is 6.88. The number of aliphatic imine (C=N–C) groups is 1. The molecule has 0 radical (unpaired) electrons. The number of guanidine groups is 1. The lowest BCUT2D eigenvalue weighted by Gasteiger charge is -2.16. The highest BCUT2D eigenvalue weighted by molar-refractivity contribution is 5.95. The van der Waals surface area contributed by atoms with Crippen LogP contribution < -0.4 is 15.5 Å². The summed E-state index contributed by atoms with van der Waals surface area (Å²) >= 11 is 0. The molecule has 2 heterocycles. The van der Waals surface area contributed by atoms with Gasteiger partial charge in [0.2, 0.25) is 5.91 Å². The minimum atomic E-state index is 0.215. The fraction of sp³-hybridized carbons (Fsp3) is 0.600. The summed E-state index contributed by atoms with van der Waals surface area (Å²) in [6, 6.07) is 8.11. The van der Waals surface area contributed by atoms with E-state index in [1.807, 2.05) is 29.2 Å². The molecular weight excluding hydrogens is 344 g/mol. The number of carbonyl (C=O) groups is 1. The molecule has 2 aliphatic heterocycles. The maximum absolute atomic E-state index is 11.8. The molecule has 2 N–H and O–H groups in total. The number of benzene rings is 1. The predicted molar refractivity (Wildman–Crippen MR) is 106 cm³/mol. The lowest BCUT2D eigenvalue weighted by Crippen LogP contribution is -2.38. The van der Waals surface area contributed by atoms with E-state index in [9.17, 15) is 4.79 Å². The van der Waals surface area contributed by atoms with Gasteiger partial charge in [-0.2, -0.15) is 0 Å². The van der Waals surface area contributed by atoms with Crippen LogP contribution in [-0.2, 0) is 20.8 Å². The Morgan fingerprint density at radius 3 is 2.81 bits per heavy atom. The first-order valence-corrected chi connectivity index (χ1v) is 9.79. The van der Waals surface area contributed by atoms with Gasteiger partial charge in [0.1, 0.15) is 0 Å². The summed E-state index contributed by atoms with van der Waals surface area (Å²) in [5, 5.41) is 6.54. The fourth-order valence-corrected chi connectivity index (χ4v) is 3.35. The van der Waals surface area contributed by atoms with Gasteiger partial charge in [0.25, 0.3) is 0 Å². The van der Waals surface area contributed by atoms with Gasteiger partial charge in [-0.1, -0.05) is 12.1 Å². The van der Waals surface area contributed by atoms with Crippen molar-refractivity contribution in [2.24, 2.45) is 4.99 Å². The fourth-order valence-electron chi connectivity index (χ4n) is 3.35. The van der Waals surface area contributed by atoms with Crippen LogP contribution in [0.4, 0.5) is 5.69 Å². The number of anilines is 1. The minimum Gasteiger partial charge on any atom is -0.377 e. The molecule has 2 aliphatic rings. The first-order valence-electron chi connectivity index (χ1n) is 9.79. The number of carbonyl (C=O) groups excluding carboxylic acids is 1. The third kappa shape index (κ3) is 5.94. The number of ether oxygens (including phenoxy) is 2. The Morgan fingerprint density at radius 2 is 2.15 bits per heavy atom. The van der Waals surface area contributed by atoms with Gasteiger partial charge in [-0.15, -0.1) is 0 Å². The smallest absolute Gasteiger partial charge is 0.227 e. The monoisotopic (exact) mass is 374 g/mol. The Hall–Kier alpha value is -2.12. The van der Waals surface area contributed by atoms with Crippen molar-refractivity contribution in [3.05, 3.63) is 29.8 Å². The van der Waals surface area contributed by atoms with E-state index in [-0.39, 0.29) is 12.0 Å². The van der Waals surface area contributed by atoms with Crippen LogP contribution >= 0.6 is 0 Å². The summed E-state index contributed by atoms with van der Waals surface area (Å²) in [6.07, 6.45) is 4.10. The highest BCUT2D eigenvalue weighted by Crippen LogP contribution is 2.21. The molecule has 0 aromatic heterocycles. The highest BCUT2D eigenvalue weighted by atomic mass is 16.5. The minimum absolute atomic E-state index is 0.215. The lowest BCUT2D eigenvalue weighted by atomic mass is 10.2. The van der Waals surface area contributed by atoms with Crippen molar-refractivity contribution >= 4 is 17.6 Å². The Bertz CT molecular complexity index is 627. The predicted octanol–water partition coefficient (Wildman–Crippen LogP) is 1.67. The second kappa shape index (κ2) is 10.3. The van der Waals surface area contributed by atoms with Crippen molar-refractivity contribution in [2.75, 3.05) is 44.9 Å². The van der Waals surface area contributed by atoms with Crippen molar-refractivity contribution in [3.8, 4) is 0 Å². The van der Waals surface area contributed by atoms with Crippen LogP contribution in [0.2, 0.25) is 0 Å². The number of hydrogen-bond donors (Lipinski definition) is 2. The first-order chi connectivity index (χ1) is 13.3. The van der Waals surface area contributed by atoms with Crippen molar-refractivity contribution < 1.29 is 14.3 Å². The molecule has 0 bridgehead atoms. The molecule has 1 unspecified atom stereocenters. The summed E-state index contributed by atoms with van der Waals surface area (Å²) in [4.78, 5) is 17.9. The zero-order valence-electron chi connectivity index (χ0n) is 16.1. The quantitative estimate of drug-likeness (QED) is 0.411. The molecule has 1 aromatic rings. The molecule has 2 fully saturated rings. The van der Waals surface area contributed by atoms with Crippen LogP contribution in [0.15, 0.2) is 29.3 Å². The lowest BCUT2D eigenvalue weighted by molar-refractivity contribution is -0.117. The summed E-state index contributed by atoms with van der Waals surface area (Å²) in [7, 11) is 1.75. The molecule has 148 valence electrons. The molecule has 27 heavy (non-hydrogen) atoms. The molecule has 0 saturated carbocycles. The molecule has 1 aromatic carbocycles.